The molecule has 0 atom stereocenters. The van der Waals surface area contributed by atoms with Crippen molar-refractivity contribution in [1.29, 1.82) is 5.26 Å². The molecule has 84 valence electrons. The summed E-state index contributed by atoms with van der Waals surface area (Å²) in [5, 5.41) is 19.6. The molecule has 0 unspecified atom stereocenters. The van der Waals surface area contributed by atoms with E-state index in [4.69, 9.17) is 10.4 Å². The second-order valence-corrected chi connectivity index (χ2v) is 3.18. The number of hydrogen-bond acceptors (Lipinski definition) is 3. The van der Waals surface area contributed by atoms with Gasteiger partial charge in [0.15, 0.2) is 0 Å². The fourth-order valence-electron chi connectivity index (χ4n) is 1.15. The number of carbonyl (C=O) groups is 1. The quantitative estimate of drug-likeness (QED) is 0.808. The largest absolute Gasteiger partial charge is 0.396 e. The van der Waals surface area contributed by atoms with Gasteiger partial charge in [0.05, 0.1) is 5.56 Å². The minimum atomic E-state index is -0.615. The molecular weight excluding hydrogens is 211 g/mol. The third-order valence-corrected chi connectivity index (χ3v) is 1.93. The second-order valence-electron chi connectivity index (χ2n) is 3.18. The zero-order valence-electron chi connectivity index (χ0n) is 8.53. The Kier molecular flexibility index (Phi) is 4.42. The van der Waals surface area contributed by atoms with E-state index in [1.54, 1.807) is 6.07 Å². The van der Waals surface area contributed by atoms with Crippen molar-refractivity contribution in [2.24, 2.45) is 0 Å². The molecule has 1 amide bonds. The Morgan fingerprint density at radius 2 is 2.31 bits per heavy atom. The lowest BCUT2D eigenvalue weighted by atomic mass is 10.2. The van der Waals surface area contributed by atoms with Gasteiger partial charge in [0.2, 0.25) is 5.91 Å². The number of aliphatic hydroxyl groups excluding tert-OH is 1. The topological polar surface area (TPSA) is 73.1 Å². The van der Waals surface area contributed by atoms with Gasteiger partial charge in [-0.25, -0.2) is 4.39 Å². The summed E-state index contributed by atoms with van der Waals surface area (Å²) >= 11 is 0. The predicted molar refractivity (Wildman–Crippen MR) is 56.1 cm³/mol. The zero-order valence-corrected chi connectivity index (χ0v) is 8.53. The Hall–Kier alpha value is -1.93. The number of hydrogen-bond donors (Lipinski definition) is 2. The maximum atomic E-state index is 12.9. The van der Waals surface area contributed by atoms with Gasteiger partial charge >= 0.3 is 0 Å². The maximum absolute atomic E-state index is 12.9. The van der Waals surface area contributed by atoms with Crippen LogP contribution in [0.15, 0.2) is 18.2 Å². The van der Waals surface area contributed by atoms with E-state index in [-0.39, 0.29) is 24.5 Å². The van der Waals surface area contributed by atoms with Gasteiger partial charge < -0.3 is 10.4 Å². The minimum Gasteiger partial charge on any atom is -0.396 e. The minimum absolute atomic E-state index is 0.0553. The Balaban J connectivity index is 2.68. The van der Waals surface area contributed by atoms with Gasteiger partial charge in [-0.3, -0.25) is 4.79 Å². The highest BCUT2D eigenvalue weighted by Gasteiger charge is 2.05. The highest BCUT2D eigenvalue weighted by atomic mass is 19.1. The van der Waals surface area contributed by atoms with E-state index in [2.05, 4.69) is 5.32 Å². The number of nitrogens with zero attached hydrogens (tertiary/aromatic N) is 1. The van der Waals surface area contributed by atoms with Crippen LogP contribution in [-0.2, 0) is 4.79 Å². The standard InChI is InChI=1S/C11H11FN2O2/c12-10-4-3-9(6-8(10)7-13)14-11(16)2-1-5-15/h3-4,6,15H,1-2,5H2,(H,14,16). The van der Waals surface area contributed by atoms with E-state index in [9.17, 15) is 9.18 Å². The van der Waals surface area contributed by atoms with Crippen molar-refractivity contribution < 1.29 is 14.3 Å². The van der Waals surface area contributed by atoms with Crippen molar-refractivity contribution in [1.82, 2.24) is 0 Å². The van der Waals surface area contributed by atoms with Crippen LogP contribution in [0.5, 0.6) is 0 Å². The second kappa shape index (κ2) is 5.83. The van der Waals surface area contributed by atoms with Gasteiger partial charge in [-0.15, -0.1) is 0 Å². The zero-order chi connectivity index (χ0) is 12.0. The molecule has 0 aliphatic rings. The first-order valence-electron chi connectivity index (χ1n) is 4.77. The van der Waals surface area contributed by atoms with E-state index in [1.165, 1.54) is 12.1 Å². The molecule has 0 aromatic heterocycles. The van der Waals surface area contributed by atoms with E-state index in [0.29, 0.717) is 12.1 Å². The molecular formula is C11H11FN2O2. The predicted octanol–water partition coefficient (Wildman–Crippen LogP) is 1.41. The molecule has 2 N–H and O–H groups in total. The highest BCUT2D eigenvalue weighted by Crippen LogP contribution is 2.14. The Morgan fingerprint density at radius 1 is 1.56 bits per heavy atom. The van der Waals surface area contributed by atoms with Crippen molar-refractivity contribution in [2.75, 3.05) is 11.9 Å². The molecule has 1 aromatic rings. The average molecular weight is 222 g/mol. The fourth-order valence-corrected chi connectivity index (χ4v) is 1.15. The number of amides is 1. The molecule has 0 saturated carbocycles. The van der Waals surface area contributed by atoms with Crippen LogP contribution in [0.4, 0.5) is 10.1 Å². The van der Waals surface area contributed by atoms with Gasteiger partial charge in [-0.2, -0.15) is 5.26 Å². The first-order chi connectivity index (χ1) is 7.67. The smallest absolute Gasteiger partial charge is 0.224 e. The number of nitrogens with one attached hydrogen (secondary N) is 1. The van der Waals surface area contributed by atoms with Crippen LogP contribution in [0.3, 0.4) is 0 Å². The first kappa shape index (κ1) is 12.1. The van der Waals surface area contributed by atoms with Gasteiger partial charge in [0.25, 0.3) is 0 Å². The normalized spacial score (nSPS) is 9.56. The molecule has 5 heteroatoms. The van der Waals surface area contributed by atoms with Crippen molar-refractivity contribution in [3.63, 3.8) is 0 Å². The number of aliphatic hydroxyl groups is 1. The van der Waals surface area contributed by atoms with Crippen molar-refractivity contribution in [3.8, 4) is 6.07 Å². The van der Waals surface area contributed by atoms with Crippen LogP contribution in [0.1, 0.15) is 18.4 Å². The van der Waals surface area contributed by atoms with Crippen LogP contribution < -0.4 is 5.32 Å². The molecule has 0 aliphatic carbocycles. The number of nitriles is 1. The van der Waals surface area contributed by atoms with Crippen molar-refractivity contribution >= 4 is 11.6 Å². The van der Waals surface area contributed by atoms with E-state index in [0.717, 1.165) is 6.07 Å². The van der Waals surface area contributed by atoms with Gasteiger partial charge in [0, 0.05) is 18.7 Å². The number of anilines is 1. The molecule has 0 heterocycles. The Morgan fingerprint density at radius 3 is 2.94 bits per heavy atom. The average Bonchev–Trinajstić information content (AvgIpc) is 2.29. The third-order valence-electron chi connectivity index (χ3n) is 1.93. The van der Waals surface area contributed by atoms with Crippen LogP contribution in [0.25, 0.3) is 0 Å². The van der Waals surface area contributed by atoms with E-state index in [1.807, 2.05) is 0 Å². The monoisotopic (exact) mass is 222 g/mol. The van der Waals surface area contributed by atoms with Crippen LogP contribution in [0.2, 0.25) is 0 Å². The SMILES string of the molecule is N#Cc1cc(NC(=O)CCCO)ccc1F. The number of rotatable bonds is 4. The lowest BCUT2D eigenvalue weighted by molar-refractivity contribution is -0.116. The summed E-state index contributed by atoms with van der Waals surface area (Å²) in [7, 11) is 0. The molecule has 0 radical (unpaired) electrons. The van der Waals surface area contributed by atoms with E-state index >= 15 is 0 Å². The fraction of sp³-hybridized carbons (Fsp3) is 0.273. The number of carbonyl (C=O) groups excluding carboxylic acids is 1. The maximum Gasteiger partial charge on any atom is 0.224 e. The molecule has 0 spiro atoms. The lowest BCUT2D eigenvalue weighted by Gasteiger charge is -2.04. The molecule has 0 bridgehead atoms. The summed E-state index contributed by atoms with van der Waals surface area (Å²) in [5.41, 5.74) is 0.265. The van der Waals surface area contributed by atoms with Gasteiger partial charge in [0.1, 0.15) is 11.9 Å². The molecule has 0 aliphatic heterocycles. The first-order valence-corrected chi connectivity index (χ1v) is 4.77. The number of benzene rings is 1. The summed E-state index contributed by atoms with van der Waals surface area (Å²) in [5.74, 6) is -0.889. The molecule has 4 nitrogen and oxygen atoms in total. The summed E-state index contributed by atoms with van der Waals surface area (Å²) in [6.07, 6.45) is 0.563. The van der Waals surface area contributed by atoms with E-state index < -0.39 is 5.82 Å². The molecule has 1 aromatic carbocycles. The van der Waals surface area contributed by atoms with Gasteiger partial charge in [-0.1, -0.05) is 0 Å². The molecule has 16 heavy (non-hydrogen) atoms. The summed E-state index contributed by atoms with van der Waals surface area (Å²) in [6, 6.07) is 5.46. The molecule has 1 rings (SSSR count). The Labute approximate surface area is 92.3 Å². The van der Waals surface area contributed by atoms with Crippen LogP contribution in [0, 0.1) is 17.1 Å². The van der Waals surface area contributed by atoms with Crippen LogP contribution >= 0.6 is 0 Å². The summed E-state index contributed by atoms with van der Waals surface area (Å²) < 4.78 is 12.9. The Bertz CT molecular complexity index is 426. The van der Waals surface area contributed by atoms with Gasteiger partial charge in [-0.05, 0) is 24.6 Å². The number of halogens is 1. The third kappa shape index (κ3) is 3.33. The molecule has 0 fully saturated rings. The van der Waals surface area contributed by atoms with Crippen molar-refractivity contribution in [2.45, 2.75) is 12.8 Å². The summed E-state index contributed by atoms with van der Waals surface area (Å²) in [4.78, 5) is 11.3. The molecule has 0 saturated heterocycles. The summed E-state index contributed by atoms with van der Waals surface area (Å²) in [6.45, 7) is -0.0553. The van der Waals surface area contributed by atoms with Crippen molar-refractivity contribution in [3.05, 3.63) is 29.6 Å². The van der Waals surface area contributed by atoms with Crippen LogP contribution in [-0.4, -0.2) is 17.6 Å². The highest BCUT2D eigenvalue weighted by molar-refractivity contribution is 5.90. The lowest BCUT2D eigenvalue weighted by Crippen LogP contribution is -2.11.